The van der Waals surface area contributed by atoms with Crippen LogP contribution in [0.15, 0.2) is 16.6 Å². The van der Waals surface area contributed by atoms with Gasteiger partial charge in [0.15, 0.2) is 11.5 Å². The van der Waals surface area contributed by atoms with Crippen molar-refractivity contribution in [2.24, 2.45) is 0 Å². The van der Waals surface area contributed by atoms with E-state index in [1.807, 2.05) is 26.1 Å². The van der Waals surface area contributed by atoms with Crippen LogP contribution >= 0.6 is 15.9 Å². The molecular weight excluding hydrogens is 314 g/mol. The van der Waals surface area contributed by atoms with Crippen molar-refractivity contribution in [3.05, 3.63) is 22.2 Å². The molecule has 1 atom stereocenters. The Morgan fingerprint density at radius 2 is 2.11 bits per heavy atom. The molecule has 6 heteroatoms. The van der Waals surface area contributed by atoms with Crippen LogP contribution in [-0.4, -0.2) is 43.2 Å². The summed E-state index contributed by atoms with van der Waals surface area (Å²) in [5, 5.41) is 21.2. The van der Waals surface area contributed by atoms with Crippen LogP contribution in [-0.2, 0) is 6.54 Å². The minimum Gasteiger partial charge on any atom is -0.490 e. The standard InChI is InChI=1S/C13H20BrNO4/c1-3-18-12-5-9(6-15-2)4-11(14)13(12)19-8-10(17)7-16/h4-5,10,15-17H,3,6-8H2,1-2H3. The Kier molecular flexibility index (Phi) is 7.15. The van der Waals surface area contributed by atoms with Crippen molar-refractivity contribution >= 4 is 15.9 Å². The Hall–Kier alpha value is -0.820. The van der Waals surface area contributed by atoms with Crippen molar-refractivity contribution in [1.82, 2.24) is 5.32 Å². The molecule has 0 amide bonds. The molecule has 0 aliphatic carbocycles. The molecule has 5 nitrogen and oxygen atoms in total. The molecular formula is C13H20BrNO4. The number of benzene rings is 1. The van der Waals surface area contributed by atoms with Gasteiger partial charge in [0.2, 0.25) is 0 Å². The van der Waals surface area contributed by atoms with E-state index < -0.39 is 6.10 Å². The largest absolute Gasteiger partial charge is 0.490 e. The summed E-state index contributed by atoms with van der Waals surface area (Å²) in [6, 6.07) is 3.82. The number of nitrogens with one attached hydrogen (secondary N) is 1. The summed E-state index contributed by atoms with van der Waals surface area (Å²) < 4.78 is 11.8. The summed E-state index contributed by atoms with van der Waals surface area (Å²) in [5.41, 5.74) is 1.06. The summed E-state index contributed by atoms with van der Waals surface area (Å²) in [4.78, 5) is 0. The van der Waals surface area contributed by atoms with Crippen molar-refractivity contribution in [3.8, 4) is 11.5 Å². The highest BCUT2D eigenvalue weighted by molar-refractivity contribution is 9.10. The molecule has 0 aliphatic heterocycles. The average molecular weight is 334 g/mol. The zero-order chi connectivity index (χ0) is 14.3. The first kappa shape index (κ1) is 16.2. The molecule has 1 aromatic carbocycles. The van der Waals surface area contributed by atoms with Gasteiger partial charge in [-0.15, -0.1) is 0 Å². The summed E-state index contributed by atoms with van der Waals surface area (Å²) in [6.07, 6.45) is -0.904. The highest BCUT2D eigenvalue weighted by Crippen LogP contribution is 2.37. The minimum absolute atomic E-state index is 0.0144. The van der Waals surface area contributed by atoms with Gasteiger partial charge < -0.3 is 25.0 Å². The number of aliphatic hydroxyl groups is 2. The molecule has 1 rings (SSSR count). The number of hydrogen-bond donors (Lipinski definition) is 3. The van der Waals surface area contributed by atoms with Crippen molar-refractivity contribution in [2.75, 3.05) is 26.9 Å². The van der Waals surface area contributed by atoms with E-state index >= 15 is 0 Å². The van der Waals surface area contributed by atoms with Crippen LogP contribution in [0.4, 0.5) is 0 Å². The average Bonchev–Trinajstić information content (AvgIpc) is 2.38. The van der Waals surface area contributed by atoms with Gasteiger partial charge in [-0.2, -0.15) is 0 Å². The van der Waals surface area contributed by atoms with E-state index in [-0.39, 0.29) is 13.2 Å². The molecule has 19 heavy (non-hydrogen) atoms. The fourth-order valence-corrected chi connectivity index (χ4v) is 2.17. The Bertz CT molecular complexity index is 400. The molecule has 0 fully saturated rings. The van der Waals surface area contributed by atoms with Crippen LogP contribution in [0.5, 0.6) is 11.5 Å². The van der Waals surface area contributed by atoms with E-state index in [0.717, 1.165) is 16.6 Å². The number of ether oxygens (including phenoxy) is 2. The van der Waals surface area contributed by atoms with E-state index in [2.05, 4.69) is 21.2 Å². The van der Waals surface area contributed by atoms with Crippen LogP contribution in [0.1, 0.15) is 12.5 Å². The van der Waals surface area contributed by atoms with E-state index in [4.69, 9.17) is 14.6 Å². The predicted octanol–water partition coefficient (Wildman–Crippen LogP) is 1.30. The predicted molar refractivity (Wildman–Crippen MR) is 76.7 cm³/mol. The summed E-state index contributed by atoms with van der Waals surface area (Å²) in [6.45, 7) is 2.82. The van der Waals surface area contributed by atoms with Gasteiger partial charge in [0.25, 0.3) is 0 Å². The lowest BCUT2D eigenvalue weighted by molar-refractivity contribution is 0.0522. The van der Waals surface area contributed by atoms with Gasteiger partial charge in [-0.25, -0.2) is 0 Å². The second kappa shape index (κ2) is 8.37. The molecule has 0 radical (unpaired) electrons. The van der Waals surface area contributed by atoms with Crippen LogP contribution in [0.25, 0.3) is 0 Å². The van der Waals surface area contributed by atoms with Gasteiger partial charge in [0, 0.05) is 6.54 Å². The molecule has 0 aliphatic rings. The summed E-state index contributed by atoms with van der Waals surface area (Å²) in [7, 11) is 1.87. The van der Waals surface area contributed by atoms with E-state index in [1.165, 1.54) is 0 Å². The zero-order valence-electron chi connectivity index (χ0n) is 11.1. The second-order valence-electron chi connectivity index (χ2n) is 4.02. The maximum Gasteiger partial charge on any atom is 0.175 e. The number of rotatable bonds is 8. The maximum absolute atomic E-state index is 9.33. The summed E-state index contributed by atoms with van der Waals surface area (Å²) in [5.74, 6) is 1.15. The first-order valence-corrected chi connectivity index (χ1v) is 6.93. The summed E-state index contributed by atoms with van der Waals surface area (Å²) >= 11 is 3.43. The van der Waals surface area contributed by atoms with Crippen molar-refractivity contribution in [3.63, 3.8) is 0 Å². The fourth-order valence-electron chi connectivity index (χ4n) is 1.56. The van der Waals surface area contributed by atoms with Gasteiger partial charge in [0.1, 0.15) is 12.7 Å². The van der Waals surface area contributed by atoms with Crippen LogP contribution in [0.3, 0.4) is 0 Å². The molecule has 0 spiro atoms. The Labute approximate surface area is 121 Å². The number of halogens is 1. The van der Waals surface area contributed by atoms with Gasteiger partial charge in [-0.05, 0) is 47.6 Å². The van der Waals surface area contributed by atoms with Crippen LogP contribution < -0.4 is 14.8 Å². The third kappa shape index (κ3) is 4.99. The van der Waals surface area contributed by atoms with Crippen molar-refractivity contribution in [1.29, 1.82) is 0 Å². The minimum atomic E-state index is -0.904. The molecule has 0 saturated carbocycles. The van der Waals surface area contributed by atoms with E-state index in [9.17, 15) is 5.11 Å². The van der Waals surface area contributed by atoms with Gasteiger partial charge in [-0.1, -0.05) is 0 Å². The van der Waals surface area contributed by atoms with Crippen molar-refractivity contribution in [2.45, 2.75) is 19.6 Å². The quantitative estimate of drug-likeness (QED) is 0.669. The molecule has 0 saturated heterocycles. The Morgan fingerprint density at radius 3 is 2.68 bits per heavy atom. The monoisotopic (exact) mass is 333 g/mol. The lowest BCUT2D eigenvalue weighted by Crippen LogP contribution is -2.21. The number of hydrogen-bond acceptors (Lipinski definition) is 5. The van der Waals surface area contributed by atoms with Crippen LogP contribution in [0.2, 0.25) is 0 Å². The highest BCUT2D eigenvalue weighted by atomic mass is 79.9. The Morgan fingerprint density at radius 1 is 1.37 bits per heavy atom. The van der Waals surface area contributed by atoms with Gasteiger partial charge in [-0.3, -0.25) is 0 Å². The highest BCUT2D eigenvalue weighted by Gasteiger charge is 2.13. The Balaban J connectivity index is 2.93. The lowest BCUT2D eigenvalue weighted by Gasteiger charge is -2.16. The zero-order valence-corrected chi connectivity index (χ0v) is 12.7. The first-order chi connectivity index (χ1) is 9.12. The molecule has 0 aromatic heterocycles. The lowest BCUT2D eigenvalue weighted by atomic mass is 10.2. The fraction of sp³-hybridized carbons (Fsp3) is 0.538. The van der Waals surface area contributed by atoms with E-state index in [0.29, 0.717) is 18.1 Å². The molecule has 1 unspecified atom stereocenters. The first-order valence-electron chi connectivity index (χ1n) is 6.13. The topological polar surface area (TPSA) is 71.0 Å². The smallest absolute Gasteiger partial charge is 0.175 e. The third-order valence-electron chi connectivity index (χ3n) is 2.38. The number of aliphatic hydroxyl groups excluding tert-OH is 2. The molecule has 108 valence electrons. The van der Waals surface area contributed by atoms with Gasteiger partial charge >= 0.3 is 0 Å². The molecule has 0 heterocycles. The maximum atomic E-state index is 9.33. The normalized spacial score (nSPS) is 12.3. The SMILES string of the molecule is CCOc1cc(CNC)cc(Br)c1OCC(O)CO. The van der Waals surface area contributed by atoms with Crippen LogP contribution in [0, 0.1) is 0 Å². The van der Waals surface area contributed by atoms with Crippen molar-refractivity contribution < 1.29 is 19.7 Å². The second-order valence-corrected chi connectivity index (χ2v) is 4.87. The third-order valence-corrected chi connectivity index (χ3v) is 2.97. The molecule has 0 bridgehead atoms. The molecule has 1 aromatic rings. The van der Waals surface area contributed by atoms with E-state index in [1.54, 1.807) is 0 Å². The molecule has 3 N–H and O–H groups in total. The van der Waals surface area contributed by atoms with Gasteiger partial charge in [0.05, 0.1) is 17.7 Å².